The van der Waals surface area contributed by atoms with Gasteiger partial charge in [-0.15, -0.1) is 0 Å². The van der Waals surface area contributed by atoms with E-state index in [2.05, 4.69) is 0 Å². The second-order valence-corrected chi connectivity index (χ2v) is 3.86. The normalized spacial score (nSPS) is 10.1. The van der Waals surface area contributed by atoms with Crippen LogP contribution in [0.25, 0.3) is 0 Å². The molecule has 18 heavy (non-hydrogen) atoms. The minimum absolute atomic E-state index is 0.170. The van der Waals surface area contributed by atoms with Crippen molar-refractivity contribution in [2.45, 2.75) is 13.3 Å². The van der Waals surface area contributed by atoms with Crippen LogP contribution < -0.4 is 4.74 Å². The van der Waals surface area contributed by atoms with Crippen LogP contribution in [0, 0.1) is 0 Å². The molecule has 3 heteroatoms. The number of hydrogen-bond donors (Lipinski definition) is 1. The van der Waals surface area contributed by atoms with E-state index in [-0.39, 0.29) is 5.56 Å². The lowest BCUT2D eigenvalue weighted by atomic mass is 10.1. The fraction of sp³-hybridized carbons (Fsp3) is 0.133. The van der Waals surface area contributed by atoms with Crippen LogP contribution in [0.1, 0.15) is 22.8 Å². The molecule has 0 radical (unpaired) electrons. The number of aromatic carboxylic acids is 1. The Morgan fingerprint density at radius 1 is 1.06 bits per heavy atom. The first-order chi connectivity index (χ1) is 8.72. The van der Waals surface area contributed by atoms with Crippen LogP contribution in [-0.4, -0.2) is 11.1 Å². The van der Waals surface area contributed by atoms with Crippen molar-refractivity contribution in [1.82, 2.24) is 0 Å². The largest absolute Gasteiger partial charge is 0.478 e. The number of para-hydroxylation sites is 2. The van der Waals surface area contributed by atoms with Gasteiger partial charge < -0.3 is 9.84 Å². The summed E-state index contributed by atoms with van der Waals surface area (Å²) in [5.74, 6) is 0.0826. The molecule has 0 aromatic heterocycles. The van der Waals surface area contributed by atoms with Gasteiger partial charge in [0.05, 0.1) is 0 Å². The van der Waals surface area contributed by atoms with Crippen LogP contribution in [0.2, 0.25) is 0 Å². The smallest absolute Gasteiger partial charge is 0.339 e. The van der Waals surface area contributed by atoms with Crippen molar-refractivity contribution in [2.75, 3.05) is 0 Å². The highest BCUT2D eigenvalue weighted by molar-refractivity contribution is 5.90. The summed E-state index contributed by atoms with van der Waals surface area (Å²) in [4.78, 5) is 11.1. The summed E-state index contributed by atoms with van der Waals surface area (Å²) in [7, 11) is 0. The van der Waals surface area contributed by atoms with Crippen LogP contribution in [0.3, 0.4) is 0 Å². The second-order valence-electron chi connectivity index (χ2n) is 3.86. The number of carboxylic acid groups (broad SMARTS) is 1. The molecule has 2 aromatic carbocycles. The van der Waals surface area contributed by atoms with Crippen molar-refractivity contribution in [3.05, 3.63) is 59.7 Å². The third-order valence-electron chi connectivity index (χ3n) is 2.69. The van der Waals surface area contributed by atoms with E-state index in [1.54, 1.807) is 18.2 Å². The van der Waals surface area contributed by atoms with Gasteiger partial charge in [0.15, 0.2) is 0 Å². The molecule has 2 rings (SSSR count). The first-order valence-electron chi connectivity index (χ1n) is 5.80. The molecule has 0 saturated carbocycles. The Labute approximate surface area is 106 Å². The number of carbonyl (C=O) groups is 1. The van der Waals surface area contributed by atoms with Crippen LogP contribution in [0.4, 0.5) is 0 Å². The maximum absolute atomic E-state index is 11.1. The molecule has 0 heterocycles. The summed E-state index contributed by atoms with van der Waals surface area (Å²) in [5.41, 5.74) is 1.22. The van der Waals surface area contributed by atoms with Gasteiger partial charge in [0.25, 0.3) is 0 Å². The Morgan fingerprint density at radius 3 is 2.33 bits per heavy atom. The molecule has 0 atom stereocenters. The van der Waals surface area contributed by atoms with Gasteiger partial charge in [0.1, 0.15) is 17.1 Å². The third kappa shape index (κ3) is 2.51. The number of carboxylic acids is 1. The van der Waals surface area contributed by atoms with Crippen molar-refractivity contribution in [3.63, 3.8) is 0 Å². The Morgan fingerprint density at radius 2 is 1.67 bits per heavy atom. The number of aryl methyl sites for hydroxylation is 1. The summed E-state index contributed by atoms with van der Waals surface area (Å²) in [5, 5.41) is 9.09. The van der Waals surface area contributed by atoms with Gasteiger partial charge >= 0.3 is 5.97 Å². The Kier molecular flexibility index (Phi) is 3.63. The van der Waals surface area contributed by atoms with Gasteiger partial charge in [-0.3, -0.25) is 0 Å². The van der Waals surface area contributed by atoms with Gasteiger partial charge in [-0.25, -0.2) is 4.79 Å². The Bertz CT molecular complexity index is 561. The first-order valence-corrected chi connectivity index (χ1v) is 5.80. The highest BCUT2D eigenvalue weighted by Crippen LogP contribution is 2.28. The van der Waals surface area contributed by atoms with E-state index in [9.17, 15) is 4.79 Å². The SMILES string of the molecule is CCc1ccccc1Oc1ccccc1C(=O)O. The van der Waals surface area contributed by atoms with Crippen LogP contribution in [0.5, 0.6) is 11.5 Å². The molecule has 0 aliphatic heterocycles. The zero-order valence-electron chi connectivity index (χ0n) is 10.1. The molecule has 0 aliphatic carbocycles. The lowest BCUT2D eigenvalue weighted by Gasteiger charge is -2.11. The zero-order chi connectivity index (χ0) is 13.0. The first kappa shape index (κ1) is 12.2. The Balaban J connectivity index is 2.37. The fourth-order valence-electron chi connectivity index (χ4n) is 1.75. The third-order valence-corrected chi connectivity index (χ3v) is 2.69. The summed E-state index contributed by atoms with van der Waals surface area (Å²) in [6, 6.07) is 14.3. The highest BCUT2D eigenvalue weighted by Gasteiger charge is 2.11. The van der Waals surface area contributed by atoms with Gasteiger partial charge in [0.2, 0.25) is 0 Å². The van der Waals surface area contributed by atoms with Gasteiger partial charge in [-0.2, -0.15) is 0 Å². The lowest BCUT2D eigenvalue weighted by molar-refractivity contribution is 0.0694. The molecule has 92 valence electrons. The average molecular weight is 242 g/mol. The number of ether oxygens (including phenoxy) is 1. The minimum atomic E-state index is -0.987. The summed E-state index contributed by atoms with van der Waals surface area (Å²) in [6.45, 7) is 2.03. The molecule has 0 saturated heterocycles. The molecular weight excluding hydrogens is 228 g/mol. The van der Waals surface area contributed by atoms with Crippen LogP contribution in [0.15, 0.2) is 48.5 Å². The number of benzene rings is 2. The molecule has 3 nitrogen and oxygen atoms in total. The molecule has 2 aromatic rings. The predicted molar refractivity (Wildman–Crippen MR) is 69.3 cm³/mol. The van der Waals surface area contributed by atoms with Crippen molar-refractivity contribution >= 4 is 5.97 Å². The topological polar surface area (TPSA) is 46.5 Å². The van der Waals surface area contributed by atoms with Gasteiger partial charge in [-0.05, 0) is 30.2 Å². The highest BCUT2D eigenvalue weighted by atomic mass is 16.5. The number of rotatable bonds is 4. The number of hydrogen-bond acceptors (Lipinski definition) is 2. The quantitative estimate of drug-likeness (QED) is 0.888. The van der Waals surface area contributed by atoms with Gasteiger partial charge in [0, 0.05) is 0 Å². The molecule has 0 spiro atoms. The average Bonchev–Trinajstić information content (AvgIpc) is 2.40. The fourth-order valence-corrected chi connectivity index (χ4v) is 1.75. The second kappa shape index (κ2) is 5.36. The van der Waals surface area contributed by atoms with Crippen molar-refractivity contribution < 1.29 is 14.6 Å². The lowest BCUT2D eigenvalue weighted by Crippen LogP contribution is -2.00. The standard InChI is InChI=1S/C15H14O3/c1-2-11-7-3-5-9-13(11)18-14-10-6-4-8-12(14)15(16)17/h3-10H,2H2,1H3,(H,16,17). The monoisotopic (exact) mass is 242 g/mol. The molecule has 0 bridgehead atoms. The van der Waals surface area contributed by atoms with E-state index in [0.717, 1.165) is 12.0 Å². The van der Waals surface area contributed by atoms with Crippen molar-refractivity contribution in [1.29, 1.82) is 0 Å². The van der Waals surface area contributed by atoms with Crippen molar-refractivity contribution in [2.24, 2.45) is 0 Å². The van der Waals surface area contributed by atoms with E-state index in [0.29, 0.717) is 11.5 Å². The summed E-state index contributed by atoms with van der Waals surface area (Å²) >= 11 is 0. The van der Waals surface area contributed by atoms with E-state index in [1.807, 2.05) is 31.2 Å². The van der Waals surface area contributed by atoms with E-state index in [1.165, 1.54) is 6.07 Å². The molecule has 0 amide bonds. The predicted octanol–water partition coefficient (Wildman–Crippen LogP) is 3.74. The van der Waals surface area contributed by atoms with E-state index in [4.69, 9.17) is 9.84 Å². The maximum atomic E-state index is 11.1. The van der Waals surface area contributed by atoms with E-state index < -0.39 is 5.97 Å². The van der Waals surface area contributed by atoms with Crippen LogP contribution in [-0.2, 0) is 6.42 Å². The molecule has 0 aliphatic rings. The zero-order valence-corrected chi connectivity index (χ0v) is 10.1. The van der Waals surface area contributed by atoms with Crippen LogP contribution >= 0.6 is 0 Å². The van der Waals surface area contributed by atoms with Crippen molar-refractivity contribution in [3.8, 4) is 11.5 Å². The molecule has 0 unspecified atom stereocenters. The summed E-state index contributed by atoms with van der Waals surface area (Å²) < 4.78 is 5.71. The molecular formula is C15H14O3. The molecule has 0 fully saturated rings. The Hall–Kier alpha value is -2.29. The summed E-state index contributed by atoms with van der Waals surface area (Å²) in [6.07, 6.45) is 0.839. The minimum Gasteiger partial charge on any atom is -0.478 e. The van der Waals surface area contributed by atoms with E-state index >= 15 is 0 Å². The van der Waals surface area contributed by atoms with Gasteiger partial charge in [-0.1, -0.05) is 37.3 Å². The molecule has 1 N–H and O–H groups in total. The maximum Gasteiger partial charge on any atom is 0.339 e.